The third-order valence-electron chi connectivity index (χ3n) is 4.97. The van der Waals surface area contributed by atoms with Crippen molar-refractivity contribution in [2.45, 2.75) is 6.17 Å². The SMILES string of the molecule is O=C1c2ccccc2N[C@H](c2ccc(-n3ccnc3)cc2)N1c1ccccc1. The van der Waals surface area contributed by atoms with E-state index in [-0.39, 0.29) is 12.1 Å². The van der Waals surface area contributed by atoms with Crippen LogP contribution in [0.5, 0.6) is 0 Å². The van der Waals surface area contributed by atoms with Gasteiger partial charge in [-0.15, -0.1) is 0 Å². The lowest BCUT2D eigenvalue weighted by Crippen LogP contribution is -2.43. The van der Waals surface area contributed by atoms with Crippen LogP contribution < -0.4 is 10.2 Å². The minimum absolute atomic E-state index is 0.00997. The third kappa shape index (κ3) is 2.74. The molecule has 5 heteroatoms. The lowest BCUT2D eigenvalue weighted by atomic mass is 10.0. The van der Waals surface area contributed by atoms with E-state index in [1.54, 1.807) is 12.5 Å². The van der Waals surface area contributed by atoms with E-state index in [0.29, 0.717) is 5.56 Å². The first-order valence-electron chi connectivity index (χ1n) is 9.14. The maximum atomic E-state index is 13.3. The fraction of sp³-hybridized carbons (Fsp3) is 0.0435. The number of nitrogens with zero attached hydrogens (tertiary/aromatic N) is 3. The topological polar surface area (TPSA) is 50.2 Å². The van der Waals surface area contributed by atoms with Gasteiger partial charge in [0.2, 0.25) is 0 Å². The molecule has 0 saturated heterocycles. The number of fused-ring (bicyclic) bond motifs is 1. The summed E-state index contributed by atoms with van der Waals surface area (Å²) in [6.07, 6.45) is 5.14. The third-order valence-corrected chi connectivity index (χ3v) is 4.97. The fourth-order valence-electron chi connectivity index (χ4n) is 3.58. The molecule has 1 aliphatic rings. The largest absolute Gasteiger partial charge is 0.360 e. The predicted octanol–water partition coefficient (Wildman–Crippen LogP) is 4.64. The van der Waals surface area contributed by atoms with Crippen molar-refractivity contribution in [1.29, 1.82) is 0 Å². The summed E-state index contributed by atoms with van der Waals surface area (Å²) in [5.74, 6) is -0.00997. The second-order valence-corrected chi connectivity index (χ2v) is 6.66. The number of rotatable bonds is 3. The molecule has 3 aromatic carbocycles. The van der Waals surface area contributed by atoms with Crippen molar-refractivity contribution in [3.63, 3.8) is 0 Å². The zero-order valence-corrected chi connectivity index (χ0v) is 15.1. The monoisotopic (exact) mass is 366 g/mol. The van der Waals surface area contributed by atoms with Gasteiger partial charge in [-0.3, -0.25) is 9.69 Å². The van der Waals surface area contributed by atoms with Crippen LogP contribution in [0.4, 0.5) is 11.4 Å². The highest BCUT2D eigenvalue weighted by atomic mass is 16.2. The van der Waals surface area contributed by atoms with Gasteiger partial charge in [-0.05, 0) is 42.0 Å². The highest BCUT2D eigenvalue weighted by Gasteiger charge is 2.33. The van der Waals surface area contributed by atoms with E-state index in [1.165, 1.54) is 0 Å². The first-order valence-corrected chi connectivity index (χ1v) is 9.14. The van der Waals surface area contributed by atoms with Gasteiger partial charge in [0.25, 0.3) is 5.91 Å². The molecular formula is C23H18N4O. The van der Waals surface area contributed by atoms with Gasteiger partial charge in [-0.25, -0.2) is 4.98 Å². The fourth-order valence-corrected chi connectivity index (χ4v) is 3.58. The van der Waals surface area contributed by atoms with Gasteiger partial charge < -0.3 is 9.88 Å². The van der Waals surface area contributed by atoms with E-state index in [4.69, 9.17) is 0 Å². The number of nitrogens with one attached hydrogen (secondary N) is 1. The van der Waals surface area contributed by atoms with E-state index in [2.05, 4.69) is 10.3 Å². The van der Waals surface area contributed by atoms with Gasteiger partial charge in [0.1, 0.15) is 6.17 Å². The summed E-state index contributed by atoms with van der Waals surface area (Å²) in [7, 11) is 0. The summed E-state index contributed by atoms with van der Waals surface area (Å²) in [4.78, 5) is 19.2. The number of hydrogen-bond acceptors (Lipinski definition) is 3. The minimum atomic E-state index is -0.290. The summed E-state index contributed by atoms with van der Waals surface area (Å²) in [5, 5.41) is 3.53. The molecule has 0 fully saturated rings. The van der Waals surface area contributed by atoms with E-state index in [0.717, 1.165) is 22.6 Å². The van der Waals surface area contributed by atoms with Crippen LogP contribution in [0.3, 0.4) is 0 Å². The molecule has 1 aliphatic heterocycles. The Hall–Kier alpha value is -3.86. The number of hydrogen-bond donors (Lipinski definition) is 1. The molecule has 4 aromatic rings. The molecule has 5 nitrogen and oxygen atoms in total. The number of aromatic nitrogens is 2. The first-order chi connectivity index (χ1) is 13.8. The Kier molecular flexibility index (Phi) is 3.91. The summed E-state index contributed by atoms with van der Waals surface area (Å²) >= 11 is 0. The number of amides is 1. The van der Waals surface area contributed by atoms with Crippen LogP contribution in [0.1, 0.15) is 22.1 Å². The molecule has 1 atom stereocenters. The van der Waals surface area contributed by atoms with Gasteiger partial charge >= 0.3 is 0 Å². The molecule has 0 unspecified atom stereocenters. The number of benzene rings is 3. The predicted molar refractivity (Wildman–Crippen MR) is 110 cm³/mol. The molecule has 0 aliphatic carbocycles. The summed E-state index contributed by atoms with van der Waals surface area (Å²) in [6, 6.07) is 25.6. The van der Waals surface area contributed by atoms with Crippen molar-refractivity contribution in [3.05, 3.63) is 109 Å². The number of anilines is 2. The normalized spacial score (nSPS) is 15.8. The van der Waals surface area contributed by atoms with Crippen molar-refractivity contribution >= 4 is 17.3 Å². The number of carbonyl (C=O) groups excluding carboxylic acids is 1. The molecule has 5 rings (SSSR count). The van der Waals surface area contributed by atoms with Crippen molar-refractivity contribution in [1.82, 2.24) is 9.55 Å². The lowest BCUT2D eigenvalue weighted by molar-refractivity contribution is 0.0975. The first kappa shape index (κ1) is 16.3. The Balaban J connectivity index is 1.58. The quantitative estimate of drug-likeness (QED) is 0.574. The molecule has 1 aromatic heterocycles. The van der Waals surface area contributed by atoms with Crippen molar-refractivity contribution in [2.75, 3.05) is 10.2 Å². The second kappa shape index (κ2) is 6.70. The minimum Gasteiger partial charge on any atom is -0.360 e. The Morgan fingerprint density at radius 3 is 2.32 bits per heavy atom. The maximum Gasteiger partial charge on any atom is 0.262 e. The lowest BCUT2D eigenvalue weighted by Gasteiger charge is -2.38. The highest BCUT2D eigenvalue weighted by Crippen LogP contribution is 2.36. The number of carbonyl (C=O) groups is 1. The molecule has 1 N–H and O–H groups in total. The van der Waals surface area contributed by atoms with Gasteiger partial charge in [0.15, 0.2) is 0 Å². The summed E-state index contributed by atoms with van der Waals surface area (Å²) in [5.41, 5.74) is 4.42. The van der Waals surface area contributed by atoms with E-state index in [9.17, 15) is 4.79 Å². The van der Waals surface area contributed by atoms with Gasteiger partial charge in [0.05, 0.1) is 11.9 Å². The number of imidazole rings is 1. The van der Waals surface area contributed by atoms with Crippen molar-refractivity contribution < 1.29 is 4.79 Å². The zero-order chi connectivity index (χ0) is 18.9. The van der Waals surface area contributed by atoms with Crippen LogP contribution in [-0.2, 0) is 0 Å². The maximum absolute atomic E-state index is 13.3. The van der Waals surface area contributed by atoms with E-state index < -0.39 is 0 Å². The molecule has 2 heterocycles. The van der Waals surface area contributed by atoms with Gasteiger partial charge in [0, 0.05) is 29.5 Å². The molecule has 28 heavy (non-hydrogen) atoms. The van der Waals surface area contributed by atoms with Crippen molar-refractivity contribution in [2.24, 2.45) is 0 Å². The number of para-hydroxylation sites is 2. The van der Waals surface area contributed by atoms with Crippen LogP contribution in [0.2, 0.25) is 0 Å². The van der Waals surface area contributed by atoms with Crippen LogP contribution in [-0.4, -0.2) is 15.5 Å². The van der Waals surface area contributed by atoms with E-state index >= 15 is 0 Å². The Morgan fingerprint density at radius 1 is 0.821 bits per heavy atom. The highest BCUT2D eigenvalue weighted by molar-refractivity contribution is 6.12. The molecular weight excluding hydrogens is 348 g/mol. The Labute approximate surface area is 162 Å². The molecule has 136 valence electrons. The Bertz CT molecular complexity index is 1110. The van der Waals surface area contributed by atoms with Crippen LogP contribution >= 0.6 is 0 Å². The van der Waals surface area contributed by atoms with Gasteiger partial charge in [-0.1, -0.05) is 42.5 Å². The molecule has 0 saturated carbocycles. The van der Waals surface area contributed by atoms with Gasteiger partial charge in [-0.2, -0.15) is 0 Å². The second-order valence-electron chi connectivity index (χ2n) is 6.66. The van der Waals surface area contributed by atoms with E-state index in [1.807, 2.05) is 94.5 Å². The molecule has 0 radical (unpaired) electrons. The summed E-state index contributed by atoms with van der Waals surface area (Å²) in [6.45, 7) is 0. The molecule has 0 spiro atoms. The van der Waals surface area contributed by atoms with Crippen molar-refractivity contribution in [3.8, 4) is 5.69 Å². The average molecular weight is 366 g/mol. The average Bonchev–Trinajstić information content (AvgIpc) is 3.29. The molecule has 0 bridgehead atoms. The summed E-state index contributed by atoms with van der Waals surface area (Å²) < 4.78 is 1.95. The van der Waals surface area contributed by atoms with Crippen LogP contribution in [0.15, 0.2) is 97.6 Å². The standard InChI is InChI=1S/C23H18N4O/c28-23-20-8-4-5-9-21(20)25-22(27(23)19-6-2-1-3-7-19)17-10-12-18(13-11-17)26-15-14-24-16-26/h1-16,22,25H/t22-/m0/s1. The Morgan fingerprint density at radius 2 is 1.57 bits per heavy atom. The van der Waals surface area contributed by atoms with Crippen LogP contribution in [0, 0.1) is 0 Å². The smallest absolute Gasteiger partial charge is 0.262 e. The molecule has 1 amide bonds. The van der Waals surface area contributed by atoms with Crippen LogP contribution in [0.25, 0.3) is 5.69 Å². The zero-order valence-electron chi connectivity index (χ0n) is 15.1.